The summed E-state index contributed by atoms with van der Waals surface area (Å²) in [5, 5.41) is 15.0. The average molecular weight is 275 g/mol. The molecule has 98 valence electrons. The molecule has 2 aromatic rings. The van der Waals surface area contributed by atoms with Crippen LogP contribution in [0.2, 0.25) is 0 Å². The minimum Gasteiger partial charge on any atom is -0.366 e. The molecular weight excluding hydrogens is 262 g/mol. The van der Waals surface area contributed by atoms with E-state index in [1.807, 2.05) is 13.8 Å². The van der Waals surface area contributed by atoms with Crippen molar-refractivity contribution in [3.8, 4) is 12.3 Å². The Bertz CT molecular complexity index is 672. The Morgan fingerprint density at radius 3 is 2.95 bits per heavy atom. The topological polar surface area (TPSA) is 68.1 Å². The third kappa shape index (κ3) is 2.66. The van der Waals surface area contributed by atoms with Gasteiger partial charge in [0.1, 0.15) is 5.69 Å². The first kappa shape index (κ1) is 13.3. The molecule has 19 heavy (non-hydrogen) atoms. The number of nitrogens with one attached hydrogen (secondary N) is 1. The first-order chi connectivity index (χ1) is 9.05. The van der Waals surface area contributed by atoms with Gasteiger partial charge in [0.15, 0.2) is 0 Å². The van der Waals surface area contributed by atoms with Crippen LogP contribution in [0.4, 0.5) is 11.4 Å². The van der Waals surface area contributed by atoms with E-state index in [4.69, 9.17) is 6.42 Å². The van der Waals surface area contributed by atoms with E-state index in [0.29, 0.717) is 12.1 Å². The lowest BCUT2D eigenvalue weighted by atomic mass is 10.2. The zero-order chi connectivity index (χ0) is 14.0. The summed E-state index contributed by atoms with van der Waals surface area (Å²) >= 11 is 1.44. The molecule has 0 aliphatic carbocycles. The van der Waals surface area contributed by atoms with Crippen LogP contribution in [0.15, 0.2) is 12.1 Å². The quantitative estimate of drug-likeness (QED) is 0.528. The Morgan fingerprint density at radius 2 is 2.37 bits per heavy atom. The van der Waals surface area contributed by atoms with Crippen molar-refractivity contribution in [2.45, 2.75) is 26.3 Å². The summed E-state index contributed by atoms with van der Waals surface area (Å²) in [5.74, 6) is 2.57. The van der Waals surface area contributed by atoms with Crippen LogP contribution in [-0.2, 0) is 0 Å². The number of hydrogen-bond donors (Lipinski definition) is 1. The molecule has 0 bridgehead atoms. The van der Waals surface area contributed by atoms with Gasteiger partial charge in [-0.25, -0.2) is 4.98 Å². The number of aromatic nitrogens is 1. The molecule has 0 spiro atoms. The molecule has 0 fully saturated rings. The summed E-state index contributed by atoms with van der Waals surface area (Å²) in [6.07, 6.45) is 6.07. The number of benzene rings is 1. The van der Waals surface area contributed by atoms with Crippen LogP contribution in [0.3, 0.4) is 0 Å². The number of anilines is 1. The molecule has 1 unspecified atom stereocenters. The van der Waals surface area contributed by atoms with Crippen molar-refractivity contribution >= 4 is 32.9 Å². The SMILES string of the molecule is C#CC(CC)Nc1cc2nc(C)sc2cc1[N+](=O)[O-]. The van der Waals surface area contributed by atoms with Crippen molar-refractivity contribution in [1.82, 2.24) is 4.98 Å². The molecule has 0 aliphatic rings. The molecule has 1 aromatic heterocycles. The number of rotatable bonds is 4. The predicted octanol–water partition coefficient (Wildman–Crippen LogP) is 3.34. The molecule has 1 heterocycles. The van der Waals surface area contributed by atoms with Crippen molar-refractivity contribution < 1.29 is 4.92 Å². The molecule has 6 heteroatoms. The highest BCUT2D eigenvalue weighted by atomic mass is 32.1. The molecule has 0 aliphatic heterocycles. The third-order valence-electron chi connectivity index (χ3n) is 2.75. The second-order valence-electron chi connectivity index (χ2n) is 4.10. The normalized spacial score (nSPS) is 12.1. The van der Waals surface area contributed by atoms with Crippen molar-refractivity contribution in [2.75, 3.05) is 5.32 Å². The number of fused-ring (bicyclic) bond motifs is 1. The monoisotopic (exact) mass is 275 g/mol. The first-order valence-corrected chi connectivity index (χ1v) is 6.65. The minimum atomic E-state index is -0.403. The van der Waals surface area contributed by atoms with E-state index >= 15 is 0 Å². The lowest BCUT2D eigenvalue weighted by molar-refractivity contribution is -0.383. The lowest BCUT2D eigenvalue weighted by Gasteiger charge is -2.12. The summed E-state index contributed by atoms with van der Waals surface area (Å²) < 4.78 is 0.809. The van der Waals surface area contributed by atoms with E-state index in [2.05, 4.69) is 16.2 Å². The van der Waals surface area contributed by atoms with Crippen LogP contribution < -0.4 is 5.32 Å². The molecule has 0 saturated heterocycles. The summed E-state index contributed by atoms with van der Waals surface area (Å²) in [4.78, 5) is 15.1. The van der Waals surface area contributed by atoms with E-state index in [0.717, 1.165) is 15.2 Å². The largest absolute Gasteiger partial charge is 0.366 e. The summed E-state index contributed by atoms with van der Waals surface area (Å²) in [6.45, 7) is 3.80. The van der Waals surface area contributed by atoms with Gasteiger partial charge in [-0.05, 0) is 19.4 Å². The van der Waals surface area contributed by atoms with Crippen LogP contribution in [0.1, 0.15) is 18.4 Å². The maximum Gasteiger partial charge on any atom is 0.293 e. The molecule has 1 atom stereocenters. The number of aryl methyl sites for hydroxylation is 1. The fourth-order valence-electron chi connectivity index (χ4n) is 1.79. The predicted molar refractivity (Wildman–Crippen MR) is 77.5 cm³/mol. The van der Waals surface area contributed by atoms with Gasteiger partial charge in [0.2, 0.25) is 0 Å². The number of hydrogen-bond acceptors (Lipinski definition) is 5. The number of nitro benzene ring substituents is 1. The number of terminal acetylenes is 1. The van der Waals surface area contributed by atoms with Crippen LogP contribution in [0.25, 0.3) is 10.2 Å². The van der Waals surface area contributed by atoms with Gasteiger partial charge in [-0.2, -0.15) is 0 Å². The number of thiazole rings is 1. The van der Waals surface area contributed by atoms with Crippen LogP contribution in [0, 0.1) is 29.4 Å². The Labute approximate surface area is 114 Å². The van der Waals surface area contributed by atoms with Gasteiger partial charge in [-0.3, -0.25) is 10.1 Å². The highest BCUT2D eigenvalue weighted by molar-refractivity contribution is 7.18. The average Bonchev–Trinajstić information content (AvgIpc) is 2.73. The van der Waals surface area contributed by atoms with Gasteiger partial charge in [0.25, 0.3) is 5.69 Å². The molecular formula is C13H13N3O2S. The van der Waals surface area contributed by atoms with E-state index in [9.17, 15) is 10.1 Å². The molecule has 0 saturated carbocycles. The maximum absolute atomic E-state index is 11.1. The summed E-state index contributed by atoms with van der Waals surface area (Å²) in [7, 11) is 0. The Balaban J connectivity index is 2.53. The molecule has 1 N–H and O–H groups in total. The van der Waals surface area contributed by atoms with Gasteiger partial charge in [0, 0.05) is 6.07 Å². The summed E-state index contributed by atoms with van der Waals surface area (Å²) in [6, 6.07) is 3.01. The highest BCUT2D eigenvalue weighted by Gasteiger charge is 2.18. The molecule has 2 rings (SSSR count). The second-order valence-corrected chi connectivity index (χ2v) is 5.33. The zero-order valence-electron chi connectivity index (χ0n) is 10.6. The fourth-order valence-corrected chi connectivity index (χ4v) is 2.64. The van der Waals surface area contributed by atoms with Crippen LogP contribution in [-0.4, -0.2) is 15.9 Å². The van der Waals surface area contributed by atoms with E-state index in [-0.39, 0.29) is 11.7 Å². The highest BCUT2D eigenvalue weighted by Crippen LogP contribution is 2.33. The fraction of sp³-hybridized carbons (Fsp3) is 0.308. The number of nitrogens with zero attached hydrogens (tertiary/aromatic N) is 2. The lowest BCUT2D eigenvalue weighted by Crippen LogP contribution is -2.16. The van der Waals surface area contributed by atoms with E-state index in [1.54, 1.807) is 12.1 Å². The van der Waals surface area contributed by atoms with Gasteiger partial charge >= 0.3 is 0 Å². The minimum absolute atomic E-state index is 0.0323. The standard InChI is InChI=1S/C13H13N3O2S/c1-4-9(5-2)15-10-6-11-13(19-8(3)14-11)7-12(10)16(17)18/h1,6-7,9,15H,5H2,2-3H3. The molecule has 0 radical (unpaired) electrons. The molecule has 1 aromatic carbocycles. The van der Waals surface area contributed by atoms with Crippen molar-refractivity contribution in [3.05, 3.63) is 27.3 Å². The van der Waals surface area contributed by atoms with Crippen molar-refractivity contribution in [3.63, 3.8) is 0 Å². The van der Waals surface area contributed by atoms with Crippen LogP contribution >= 0.6 is 11.3 Å². The first-order valence-electron chi connectivity index (χ1n) is 5.83. The Hall–Kier alpha value is -2.13. The molecule has 5 nitrogen and oxygen atoms in total. The smallest absolute Gasteiger partial charge is 0.293 e. The Kier molecular flexibility index (Phi) is 3.67. The van der Waals surface area contributed by atoms with Crippen LogP contribution in [0.5, 0.6) is 0 Å². The Morgan fingerprint density at radius 1 is 1.63 bits per heavy atom. The second kappa shape index (κ2) is 5.24. The summed E-state index contributed by atoms with van der Waals surface area (Å²) in [5.41, 5.74) is 1.21. The van der Waals surface area contributed by atoms with Crippen molar-refractivity contribution in [1.29, 1.82) is 0 Å². The maximum atomic E-state index is 11.1. The molecule has 0 amide bonds. The van der Waals surface area contributed by atoms with Gasteiger partial charge in [-0.1, -0.05) is 12.8 Å². The van der Waals surface area contributed by atoms with Gasteiger partial charge in [0.05, 0.1) is 26.2 Å². The third-order valence-corrected chi connectivity index (χ3v) is 3.68. The number of nitro groups is 1. The van der Waals surface area contributed by atoms with Gasteiger partial charge in [-0.15, -0.1) is 17.8 Å². The van der Waals surface area contributed by atoms with E-state index < -0.39 is 4.92 Å². The zero-order valence-corrected chi connectivity index (χ0v) is 11.5. The van der Waals surface area contributed by atoms with E-state index in [1.165, 1.54) is 11.3 Å². The van der Waals surface area contributed by atoms with Gasteiger partial charge < -0.3 is 5.32 Å². The van der Waals surface area contributed by atoms with Crippen molar-refractivity contribution in [2.24, 2.45) is 0 Å².